The smallest absolute Gasteiger partial charge is 0.257 e. The van der Waals surface area contributed by atoms with Gasteiger partial charge in [0, 0.05) is 12.2 Å². The van der Waals surface area contributed by atoms with Crippen molar-refractivity contribution in [3.8, 4) is 0 Å². The Bertz CT molecular complexity index is 819. The number of carbonyl (C=O) groups excluding carboxylic acids is 2. The van der Waals surface area contributed by atoms with Crippen molar-refractivity contribution in [2.24, 2.45) is 0 Å². The number of anilines is 1. The van der Waals surface area contributed by atoms with Crippen molar-refractivity contribution >= 4 is 17.5 Å². The number of aryl methyl sites for hydroxylation is 2. The summed E-state index contributed by atoms with van der Waals surface area (Å²) in [6, 6.07) is 11.1. The number of rotatable bonds is 3. The summed E-state index contributed by atoms with van der Waals surface area (Å²) >= 11 is 0. The van der Waals surface area contributed by atoms with Crippen LogP contribution < -0.4 is 5.32 Å². The van der Waals surface area contributed by atoms with Crippen LogP contribution in [0, 0.1) is 19.7 Å². The Hall–Kier alpha value is -2.69. The molecule has 1 aliphatic rings. The molecule has 1 fully saturated rings. The molecule has 0 spiro atoms. The normalized spacial score (nSPS) is 16.8. The number of halogens is 1. The lowest BCUT2D eigenvalue weighted by Gasteiger charge is -2.24. The van der Waals surface area contributed by atoms with Gasteiger partial charge in [-0.25, -0.2) is 4.39 Å². The van der Waals surface area contributed by atoms with Gasteiger partial charge in [0.15, 0.2) is 0 Å². The number of likely N-dealkylation sites (tertiary alicyclic amines) is 1. The van der Waals surface area contributed by atoms with Crippen molar-refractivity contribution in [2.45, 2.75) is 32.7 Å². The molecular weight excluding hydrogens is 319 g/mol. The van der Waals surface area contributed by atoms with Crippen LogP contribution in [0.25, 0.3) is 0 Å². The second kappa shape index (κ2) is 7.05. The van der Waals surface area contributed by atoms with Gasteiger partial charge in [0.1, 0.15) is 11.9 Å². The summed E-state index contributed by atoms with van der Waals surface area (Å²) in [5, 5.41) is 2.92. The molecule has 0 saturated carbocycles. The molecule has 2 aromatic rings. The minimum atomic E-state index is -0.577. The van der Waals surface area contributed by atoms with E-state index in [4.69, 9.17) is 0 Å². The van der Waals surface area contributed by atoms with Gasteiger partial charge in [0.05, 0.1) is 5.56 Å². The maximum absolute atomic E-state index is 13.9. The summed E-state index contributed by atoms with van der Waals surface area (Å²) in [4.78, 5) is 26.8. The highest BCUT2D eigenvalue weighted by Crippen LogP contribution is 2.24. The zero-order chi connectivity index (χ0) is 18.0. The summed E-state index contributed by atoms with van der Waals surface area (Å²) < 4.78 is 13.9. The van der Waals surface area contributed by atoms with E-state index in [1.807, 2.05) is 32.0 Å². The van der Waals surface area contributed by atoms with Crippen molar-refractivity contribution in [3.05, 3.63) is 65.0 Å². The number of nitrogens with zero attached hydrogens (tertiary/aromatic N) is 1. The van der Waals surface area contributed by atoms with E-state index in [1.165, 1.54) is 17.0 Å². The number of hydrogen-bond acceptors (Lipinski definition) is 2. The Morgan fingerprint density at radius 1 is 1.16 bits per heavy atom. The molecule has 0 aliphatic carbocycles. The van der Waals surface area contributed by atoms with Crippen LogP contribution in [-0.4, -0.2) is 29.3 Å². The molecule has 0 radical (unpaired) electrons. The van der Waals surface area contributed by atoms with Crippen LogP contribution in [0.3, 0.4) is 0 Å². The van der Waals surface area contributed by atoms with E-state index in [0.717, 1.165) is 23.2 Å². The second-order valence-corrected chi connectivity index (χ2v) is 6.44. The highest BCUT2D eigenvalue weighted by Gasteiger charge is 2.35. The van der Waals surface area contributed by atoms with E-state index in [9.17, 15) is 14.0 Å². The number of hydrogen-bond donors (Lipinski definition) is 1. The summed E-state index contributed by atoms with van der Waals surface area (Å²) in [6.07, 6.45) is 1.31. The summed E-state index contributed by atoms with van der Waals surface area (Å²) in [6.45, 7) is 4.34. The van der Waals surface area contributed by atoms with E-state index in [2.05, 4.69) is 5.32 Å². The minimum absolute atomic E-state index is 0.00827. The topological polar surface area (TPSA) is 49.4 Å². The first-order chi connectivity index (χ1) is 12.0. The van der Waals surface area contributed by atoms with Gasteiger partial charge in [-0.1, -0.05) is 24.3 Å². The van der Waals surface area contributed by atoms with Crippen LogP contribution in [-0.2, 0) is 4.79 Å². The third-order valence-corrected chi connectivity index (χ3v) is 4.57. The average Bonchev–Trinajstić information content (AvgIpc) is 3.08. The Kier molecular flexibility index (Phi) is 4.83. The first kappa shape index (κ1) is 17.1. The van der Waals surface area contributed by atoms with Crippen LogP contribution in [0.5, 0.6) is 0 Å². The van der Waals surface area contributed by atoms with Crippen LogP contribution in [0.4, 0.5) is 10.1 Å². The fraction of sp³-hybridized carbons (Fsp3) is 0.300. The molecule has 3 rings (SSSR count). The van der Waals surface area contributed by atoms with Crippen LogP contribution in [0.1, 0.15) is 34.3 Å². The lowest BCUT2D eigenvalue weighted by molar-refractivity contribution is -0.119. The molecule has 2 amide bonds. The molecule has 0 bridgehead atoms. The Labute approximate surface area is 146 Å². The van der Waals surface area contributed by atoms with Crippen LogP contribution in [0.2, 0.25) is 0 Å². The average molecular weight is 340 g/mol. The summed E-state index contributed by atoms with van der Waals surface area (Å²) in [5.74, 6) is -1.22. The SMILES string of the molecule is Cc1ccc(C)c(NC(=O)C2CCCN2C(=O)c2ccccc2F)c1. The molecule has 1 atom stereocenters. The summed E-state index contributed by atoms with van der Waals surface area (Å²) in [7, 11) is 0. The lowest BCUT2D eigenvalue weighted by Crippen LogP contribution is -2.43. The van der Waals surface area contributed by atoms with Gasteiger partial charge in [-0.05, 0) is 56.0 Å². The largest absolute Gasteiger partial charge is 0.327 e. The first-order valence-electron chi connectivity index (χ1n) is 8.41. The zero-order valence-corrected chi connectivity index (χ0v) is 14.4. The molecular formula is C20H21FN2O2. The molecule has 1 saturated heterocycles. The second-order valence-electron chi connectivity index (χ2n) is 6.44. The fourth-order valence-corrected chi connectivity index (χ4v) is 3.16. The fourth-order valence-electron chi connectivity index (χ4n) is 3.16. The molecule has 1 aliphatic heterocycles. The third-order valence-electron chi connectivity index (χ3n) is 4.57. The number of amides is 2. The Morgan fingerprint density at radius 2 is 1.92 bits per heavy atom. The van der Waals surface area contributed by atoms with Gasteiger partial charge in [-0.2, -0.15) is 0 Å². The molecule has 25 heavy (non-hydrogen) atoms. The third kappa shape index (κ3) is 3.55. The molecule has 130 valence electrons. The van der Waals surface area contributed by atoms with E-state index in [0.29, 0.717) is 13.0 Å². The van der Waals surface area contributed by atoms with Crippen molar-refractivity contribution < 1.29 is 14.0 Å². The molecule has 4 nitrogen and oxygen atoms in total. The molecule has 0 aromatic heterocycles. The summed E-state index contributed by atoms with van der Waals surface area (Å²) in [5.41, 5.74) is 2.76. The van der Waals surface area contributed by atoms with Crippen LogP contribution >= 0.6 is 0 Å². The Morgan fingerprint density at radius 3 is 2.68 bits per heavy atom. The lowest BCUT2D eigenvalue weighted by atomic mass is 10.1. The van der Waals surface area contributed by atoms with Gasteiger partial charge in [-0.15, -0.1) is 0 Å². The maximum atomic E-state index is 13.9. The first-order valence-corrected chi connectivity index (χ1v) is 8.41. The monoisotopic (exact) mass is 340 g/mol. The predicted octanol–water partition coefficient (Wildman–Crippen LogP) is 3.69. The molecule has 5 heteroatoms. The Balaban J connectivity index is 1.79. The maximum Gasteiger partial charge on any atom is 0.257 e. The highest BCUT2D eigenvalue weighted by atomic mass is 19.1. The quantitative estimate of drug-likeness (QED) is 0.926. The standard InChI is InChI=1S/C20H21FN2O2/c1-13-9-10-14(2)17(12-13)22-19(24)18-8-5-11-23(18)20(25)15-6-3-4-7-16(15)21/h3-4,6-7,9-10,12,18H,5,8,11H2,1-2H3,(H,22,24). The van der Waals surface area contributed by atoms with Gasteiger partial charge in [0.25, 0.3) is 5.91 Å². The van der Waals surface area contributed by atoms with Crippen molar-refractivity contribution in [2.75, 3.05) is 11.9 Å². The number of nitrogens with one attached hydrogen (secondary N) is 1. The molecule has 1 unspecified atom stereocenters. The zero-order valence-electron chi connectivity index (χ0n) is 14.4. The van der Waals surface area contributed by atoms with Gasteiger partial charge < -0.3 is 10.2 Å². The number of carbonyl (C=O) groups is 2. The predicted molar refractivity (Wildman–Crippen MR) is 95.0 cm³/mol. The van der Waals surface area contributed by atoms with Gasteiger partial charge >= 0.3 is 0 Å². The highest BCUT2D eigenvalue weighted by molar-refractivity contribution is 6.02. The van der Waals surface area contributed by atoms with Crippen molar-refractivity contribution in [3.63, 3.8) is 0 Å². The van der Waals surface area contributed by atoms with E-state index in [-0.39, 0.29) is 11.5 Å². The van der Waals surface area contributed by atoms with Crippen LogP contribution in [0.15, 0.2) is 42.5 Å². The molecule has 1 N–H and O–H groups in total. The van der Waals surface area contributed by atoms with E-state index in [1.54, 1.807) is 12.1 Å². The minimum Gasteiger partial charge on any atom is -0.327 e. The van der Waals surface area contributed by atoms with Gasteiger partial charge in [0.2, 0.25) is 5.91 Å². The number of benzene rings is 2. The molecule has 1 heterocycles. The van der Waals surface area contributed by atoms with E-state index < -0.39 is 17.8 Å². The van der Waals surface area contributed by atoms with Crippen molar-refractivity contribution in [1.29, 1.82) is 0 Å². The molecule has 2 aromatic carbocycles. The van der Waals surface area contributed by atoms with Crippen molar-refractivity contribution in [1.82, 2.24) is 4.90 Å². The van der Waals surface area contributed by atoms with E-state index >= 15 is 0 Å². The van der Waals surface area contributed by atoms with Gasteiger partial charge in [-0.3, -0.25) is 9.59 Å².